The highest BCUT2D eigenvalue weighted by atomic mass is 35.5. The minimum atomic E-state index is -4.32. The predicted molar refractivity (Wildman–Crippen MR) is 81.9 cm³/mol. The summed E-state index contributed by atoms with van der Waals surface area (Å²) in [6, 6.07) is 2.81. The average Bonchev–Trinajstić information content (AvgIpc) is 3.25. The molecular weight excluding hydrogens is 349 g/mol. The summed E-state index contributed by atoms with van der Waals surface area (Å²) in [5.41, 5.74) is 3.33. The zero-order valence-electron chi connectivity index (χ0n) is 12.3. The number of primary amides is 1. The van der Waals surface area contributed by atoms with Crippen molar-refractivity contribution in [1.82, 2.24) is 4.98 Å². The van der Waals surface area contributed by atoms with E-state index >= 15 is 0 Å². The molecule has 2 rings (SSSR count). The molecule has 1 fully saturated rings. The van der Waals surface area contributed by atoms with E-state index < -0.39 is 30.0 Å². The van der Waals surface area contributed by atoms with Crippen molar-refractivity contribution in [2.24, 2.45) is 11.1 Å². The van der Waals surface area contributed by atoms with Crippen LogP contribution in [0.5, 0.6) is 0 Å². The van der Waals surface area contributed by atoms with Crippen molar-refractivity contribution in [1.29, 1.82) is 5.41 Å². The molecule has 6 nitrogen and oxygen atoms in total. The number of alkyl halides is 3. The van der Waals surface area contributed by atoms with Gasteiger partial charge in [-0.2, -0.15) is 13.2 Å². The van der Waals surface area contributed by atoms with Crippen molar-refractivity contribution in [3.8, 4) is 0 Å². The first-order valence-electron chi connectivity index (χ1n) is 6.82. The molecule has 0 saturated heterocycles. The molecular formula is C14H14ClF3N4O2. The molecule has 1 saturated carbocycles. The normalized spacial score (nSPS) is 16.0. The Morgan fingerprint density at radius 1 is 1.50 bits per heavy atom. The van der Waals surface area contributed by atoms with Crippen molar-refractivity contribution < 1.29 is 22.7 Å². The van der Waals surface area contributed by atoms with Crippen molar-refractivity contribution in [2.75, 3.05) is 11.9 Å². The summed E-state index contributed by atoms with van der Waals surface area (Å²) in [5, 5.41) is 10.0. The minimum Gasteiger partial charge on any atom is -0.477 e. The van der Waals surface area contributed by atoms with Gasteiger partial charge in [-0.05, 0) is 25.0 Å². The monoisotopic (exact) mass is 362 g/mol. The van der Waals surface area contributed by atoms with Gasteiger partial charge in [0, 0.05) is 12.3 Å². The molecule has 0 unspecified atom stereocenters. The van der Waals surface area contributed by atoms with Gasteiger partial charge < -0.3 is 15.8 Å². The standard InChI is InChI=1S/C14H14ClF3N4O2/c15-11-8(12(20)23)1-2-10(22-11)21-6-3-9(19)24-7-13(4-5-13)14(16,17)18/h1-3,6,19H,4-5,7H2,(H2,20,23)(H,21,22)/b6-3-,19-9?. The Labute approximate surface area is 140 Å². The maximum Gasteiger partial charge on any atom is 0.397 e. The van der Waals surface area contributed by atoms with Gasteiger partial charge in [-0.15, -0.1) is 0 Å². The second-order valence-electron chi connectivity index (χ2n) is 5.31. The average molecular weight is 363 g/mol. The number of carbonyl (C=O) groups is 1. The van der Waals surface area contributed by atoms with Crippen LogP contribution in [0.4, 0.5) is 19.0 Å². The van der Waals surface area contributed by atoms with Gasteiger partial charge in [0.25, 0.3) is 5.91 Å². The summed E-state index contributed by atoms with van der Waals surface area (Å²) in [6.45, 7) is -0.572. The fraction of sp³-hybridized carbons (Fsp3) is 0.357. The summed E-state index contributed by atoms with van der Waals surface area (Å²) < 4.78 is 43.0. The molecule has 130 valence electrons. The van der Waals surface area contributed by atoms with Crippen LogP contribution >= 0.6 is 11.6 Å². The Kier molecular flexibility index (Phi) is 5.02. The van der Waals surface area contributed by atoms with Crippen LogP contribution in [-0.4, -0.2) is 29.6 Å². The van der Waals surface area contributed by atoms with E-state index in [2.05, 4.69) is 10.3 Å². The molecule has 0 bridgehead atoms. The van der Waals surface area contributed by atoms with Crippen LogP contribution in [0.1, 0.15) is 23.2 Å². The van der Waals surface area contributed by atoms with Crippen molar-refractivity contribution in [2.45, 2.75) is 19.0 Å². The number of carbonyl (C=O) groups excluding carboxylic acids is 1. The molecule has 1 aromatic heterocycles. The molecule has 1 aliphatic carbocycles. The Hall–Kier alpha value is -2.29. The lowest BCUT2D eigenvalue weighted by Crippen LogP contribution is -2.30. The smallest absolute Gasteiger partial charge is 0.397 e. The lowest BCUT2D eigenvalue weighted by Gasteiger charge is -2.18. The van der Waals surface area contributed by atoms with Gasteiger partial charge in [-0.1, -0.05) is 11.6 Å². The molecule has 1 amide bonds. The van der Waals surface area contributed by atoms with Crippen LogP contribution in [0, 0.1) is 10.8 Å². The number of aromatic nitrogens is 1. The summed E-state index contributed by atoms with van der Waals surface area (Å²) in [7, 11) is 0. The Morgan fingerprint density at radius 3 is 2.67 bits per heavy atom. The Bertz CT molecular complexity index is 687. The second-order valence-corrected chi connectivity index (χ2v) is 5.67. The van der Waals surface area contributed by atoms with Crippen LogP contribution in [-0.2, 0) is 4.74 Å². The summed E-state index contributed by atoms with van der Waals surface area (Å²) in [5.74, 6) is -0.871. The predicted octanol–water partition coefficient (Wildman–Crippen LogP) is 3.10. The summed E-state index contributed by atoms with van der Waals surface area (Å²) >= 11 is 5.77. The number of nitrogens with two attached hydrogens (primary N) is 1. The molecule has 1 aliphatic rings. The summed E-state index contributed by atoms with van der Waals surface area (Å²) in [4.78, 5) is 14.9. The topological polar surface area (TPSA) is 101 Å². The molecule has 4 N–H and O–H groups in total. The number of ether oxygens (including phenoxy) is 1. The van der Waals surface area contributed by atoms with E-state index in [1.165, 1.54) is 18.3 Å². The maximum atomic E-state index is 12.7. The second kappa shape index (κ2) is 6.68. The van der Waals surface area contributed by atoms with Gasteiger partial charge >= 0.3 is 6.18 Å². The maximum absolute atomic E-state index is 12.7. The van der Waals surface area contributed by atoms with E-state index in [4.69, 9.17) is 27.5 Å². The van der Waals surface area contributed by atoms with Crippen molar-refractivity contribution in [3.63, 3.8) is 0 Å². The van der Waals surface area contributed by atoms with Crippen LogP contribution in [0.2, 0.25) is 5.15 Å². The molecule has 24 heavy (non-hydrogen) atoms. The molecule has 0 aliphatic heterocycles. The van der Waals surface area contributed by atoms with E-state index in [-0.39, 0.29) is 29.4 Å². The highest BCUT2D eigenvalue weighted by Crippen LogP contribution is 2.57. The lowest BCUT2D eigenvalue weighted by atomic mass is 10.1. The van der Waals surface area contributed by atoms with Crippen molar-refractivity contribution >= 4 is 29.2 Å². The number of rotatable bonds is 6. The van der Waals surface area contributed by atoms with Crippen LogP contribution in [0.3, 0.4) is 0 Å². The SMILES string of the molecule is N=C(/C=C\Nc1ccc(C(N)=O)c(Cl)n1)OCC1(C(F)(F)F)CC1. The first-order chi connectivity index (χ1) is 11.1. The van der Waals surface area contributed by atoms with Gasteiger partial charge in [0.1, 0.15) is 23.0 Å². The van der Waals surface area contributed by atoms with E-state index in [0.717, 1.165) is 6.08 Å². The molecule has 0 aromatic carbocycles. The molecule has 0 radical (unpaired) electrons. The number of hydrogen-bond acceptors (Lipinski definition) is 5. The molecule has 0 atom stereocenters. The van der Waals surface area contributed by atoms with E-state index in [9.17, 15) is 18.0 Å². The largest absolute Gasteiger partial charge is 0.477 e. The van der Waals surface area contributed by atoms with Crippen LogP contribution in [0.15, 0.2) is 24.4 Å². The van der Waals surface area contributed by atoms with E-state index in [0.29, 0.717) is 0 Å². The van der Waals surface area contributed by atoms with Gasteiger partial charge in [0.2, 0.25) is 5.90 Å². The highest BCUT2D eigenvalue weighted by molar-refractivity contribution is 6.32. The van der Waals surface area contributed by atoms with Crippen LogP contribution < -0.4 is 11.1 Å². The van der Waals surface area contributed by atoms with E-state index in [1.807, 2.05) is 0 Å². The third-order valence-corrected chi connectivity index (χ3v) is 3.83. The molecule has 1 heterocycles. The molecule has 1 aromatic rings. The number of hydrogen-bond donors (Lipinski definition) is 3. The number of nitrogens with one attached hydrogen (secondary N) is 2. The number of nitrogens with zero attached hydrogens (tertiary/aromatic N) is 1. The quantitative estimate of drug-likeness (QED) is 0.411. The Morgan fingerprint density at radius 2 is 2.17 bits per heavy atom. The first kappa shape index (κ1) is 18.1. The fourth-order valence-corrected chi connectivity index (χ4v) is 2.07. The van der Waals surface area contributed by atoms with E-state index in [1.54, 1.807) is 0 Å². The zero-order chi connectivity index (χ0) is 18.0. The Balaban J connectivity index is 1.85. The third kappa shape index (κ3) is 4.16. The molecule has 0 spiro atoms. The van der Waals surface area contributed by atoms with Gasteiger partial charge in [-0.3, -0.25) is 10.2 Å². The zero-order valence-corrected chi connectivity index (χ0v) is 13.0. The lowest BCUT2D eigenvalue weighted by molar-refractivity contribution is -0.195. The minimum absolute atomic E-state index is 0.0143. The van der Waals surface area contributed by atoms with Gasteiger partial charge in [0.05, 0.1) is 5.56 Å². The number of amides is 1. The third-order valence-electron chi connectivity index (χ3n) is 3.54. The van der Waals surface area contributed by atoms with Gasteiger partial charge in [0.15, 0.2) is 0 Å². The van der Waals surface area contributed by atoms with Crippen LogP contribution in [0.25, 0.3) is 0 Å². The number of pyridine rings is 1. The fourth-order valence-electron chi connectivity index (χ4n) is 1.83. The highest BCUT2D eigenvalue weighted by Gasteiger charge is 2.63. The number of anilines is 1. The van der Waals surface area contributed by atoms with Gasteiger partial charge in [-0.25, -0.2) is 4.98 Å². The summed E-state index contributed by atoms with van der Waals surface area (Å²) in [6.07, 6.45) is -1.89. The van der Waals surface area contributed by atoms with Crippen molar-refractivity contribution in [3.05, 3.63) is 35.1 Å². The first-order valence-corrected chi connectivity index (χ1v) is 7.20. The number of halogens is 4. The molecule has 10 heteroatoms.